The molecule has 1 aliphatic carbocycles. The Morgan fingerprint density at radius 3 is 2.50 bits per heavy atom. The van der Waals surface area contributed by atoms with E-state index in [4.69, 9.17) is 9.47 Å². The molecule has 3 atom stereocenters. The van der Waals surface area contributed by atoms with E-state index >= 15 is 0 Å². The lowest BCUT2D eigenvalue weighted by Crippen LogP contribution is -2.17. The van der Waals surface area contributed by atoms with E-state index in [0.717, 1.165) is 25.2 Å². The second-order valence-electron chi connectivity index (χ2n) is 5.32. The van der Waals surface area contributed by atoms with Gasteiger partial charge in [-0.25, -0.2) is 0 Å². The van der Waals surface area contributed by atoms with Crippen LogP contribution in [0.25, 0.3) is 0 Å². The second kappa shape index (κ2) is 4.84. The van der Waals surface area contributed by atoms with Crippen LogP contribution < -0.4 is 14.8 Å². The average molecular weight is 287 g/mol. The number of halogens is 3. The van der Waals surface area contributed by atoms with Gasteiger partial charge in [-0.05, 0) is 43.1 Å². The molecule has 1 aromatic carbocycles. The van der Waals surface area contributed by atoms with Gasteiger partial charge in [-0.1, -0.05) is 0 Å². The molecule has 0 spiro atoms. The van der Waals surface area contributed by atoms with E-state index in [1.807, 2.05) is 0 Å². The molecule has 1 N–H and O–H groups in total. The summed E-state index contributed by atoms with van der Waals surface area (Å²) in [5.41, 5.74) is -0.728. The van der Waals surface area contributed by atoms with Gasteiger partial charge in [0.15, 0.2) is 11.5 Å². The maximum atomic E-state index is 12.6. The van der Waals surface area contributed by atoms with Crippen molar-refractivity contribution in [1.29, 1.82) is 0 Å². The minimum absolute atomic E-state index is 0.128. The molecule has 0 bridgehead atoms. The van der Waals surface area contributed by atoms with E-state index in [2.05, 4.69) is 5.32 Å². The maximum Gasteiger partial charge on any atom is 0.416 e. The van der Waals surface area contributed by atoms with Gasteiger partial charge in [-0.2, -0.15) is 13.2 Å². The van der Waals surface area contributed by atoms with E-state index in [9.17, 15) is 13.2 Å². The van der Waals surface area contributed by atoms with Crippen molar-refractivity contribution in [2.24, 2.45) is 17.8 Å². The lowest BCUT2D eigenvalue weighted by molar-refractivity contribution is -0.137. The van der Waals surface area contributed by atoms with Gasteiger partial charge in [0, 0.05) is 5.92 Å². The van der Waals surface area contributed by atoms with Crippen molar-refractivity contribution in [2.75, 3.05) is 26.8 Å². The number of fused-ring (bicyclic) bond motifs is 1. The molecule has 0 radical (unpaired) electrons. The summed E-state index contributed by atoms with van der Waals surface area (Å²) in [7, 11) is 1.35. The first-order chi connectivity index (χ1) is 9.50. The number of rotatable bonds is 4. The fraction of sp³-hybridized carbons (Fsp3) is 0.571. The topological polar surface area (TPSA) is 30.5 Å². The highest BCUT2D eigenvalue weighted by Gasteiger charge is 2.53. The number of alkyl halides is 3. The summed E-state index contributed by atoms with van der Waals surface area (Å²) in [5, 5.41) is 3.29. The van der Waals surface area contributed by atoms with Gasteiger partial charge in [0.25, 0.3) is 0 Å². The molecule has 1 aliphatic heterocycles. The summed E-state index contributed by atoms with van der Waals surface area (Å²) >= 11 is 0. The van der Waals surface area contributed by atoms with Crippen LogP contribution in [0.15, 0.2) is 18.2 Å². The molecule has 110 valence electrons. The number of methoxy groups -OCH3 is 1. The van der Waals surface area contributed by atoms with Crippen molar-refractivity contribution >= 4 is 0 Å². The lowest BCUT2D eigenvalue weighted by atomic mass is 10.2. The molecule has 1 heterocycles. The van der Waals surface area contributed by atoms with Crippen molar-refractivity contribution in [3.05, 3.63) is 23.8 Å². The molecule has 1 saturated carbocycles. The van der Waals surface area contributed by atoms with E-state index in [1.54, 1.807) is 0 Å². The Hall–Kier alpha value is -1.43. The highest BCUT2D eigenvalue weighted by molar-refractivity contribution is 5.43. The molecular formula is C14H16F3NO2. The highest BCUT2D eigenvalue weighted by atomic mass is 19.4. The van der Waals surface area contributed by atoms with Crippen LogP contribution in [-0.2, 0) is 6.18 Å². The van der Waals surface area contributed by atoms with Crippen LogP contribution in [0.4, 0.5) is 13.2 Å². The zero-order valence-electron chi connectivity index (χ0n) is 11.0. The Morgan fingerprint density at radius 2 is 1.90 bits per heavy atom. The van der Waals surface area contributed by atoms with E-state index in [0.29, 0.717) is 30.1 Å². The Kier molecular flexibility index (Phi) is 3.28. The molecule has 0 unspecified atom stereocenters. The fourth-order valence-electron chi connectivity index (χ4n) is 2.94. The summed E-state index contributed by atoms with van der Waals surface area (Å²) in [4.78, 5) is 0. The number of ether oxygens (including phenoxy) is 2. The van der Waals surface area contributed by atoms with Crippen molar-refractivity contribution in [2.45, 2.75) is 6.18 Å². The number of hydrogen-bond acceptors (Lipinski definition) is 3. The first-order valence-electron chi connectivity index (χ1n) is 6.59. The molecule has 0 aromatic heterocycles. The van der Waals surface area contributed by atoms with Crippen molar-refractivity contribution in [3.8, 4) is 11.5 Å². The minimum Gasteiger partial charge on any atom is -0.493 e. The predicted molar refractivity (Wildman–Crippen MR) is 66.8 cm³/mol. The summed E-state index contributed by atoms with van der Waals surface area (Å²) in [6.07, 6.45) is -4.37. The maximum absolute atomic E-state index is 12.6. The summed E-state index contributed by atoms with van der Waals surface area (Å²) in [6.45, 7) is 2.57. The van der Waals surface area contributed by atoms with E-state index < -0.39 is 11.7 Å². The normalized spacial score (nSPS) is 28.1. The third kappa shape index (κ3) is 2.44. The standard InChI is InChI=1S/C14H16F3NO2/c1-19-13-4-8(14(15,16)17)2-3-12(13)20-7-11-9-5-18-6-10(9)11/h2-4,9-11,18H,5-7H2,1H3/t9-,10+,11+. The number of benzene rings is 1. The van der Waals surface area contributed by atoms with E-state index in [-0.39, 0.29) is 5.75 Å². The summed E-state index contributed by atoms with van der Waals surface area (Å²) in [6, 6.07) is 3.33. The highest BCUT2D eigenvalue weighted by Crippen LogP contribution is 2.49. The minimum atomic E-state index is -4.37. The molecule has 1 aromatic rings. The van der Waals surface area contributed by atoms with Gasteiger partial charge in [0.05, 0.1) is 19.3 Å². The van der Waals surface area contributed by atoms with Gasteiger partial charge >= 0.3 is 6.18 Å². The van der Waals surface area contributed by atoms with Gasteiger partial charge in [0.2, 0.25) is 0 Å². The number of nitrogens with one attached hydrogen (secondary N) is 1. The zero-order chi connectivity index (χ0) is 14.3. The monoisotopic (exact) mass is 287 g/mol. The Labute approximate surface area is 115 Å². The van der Waals surface area contributed by atoms with E-state index in [1.165, 1.54) is 13.2 Å². The Bertz CT molecular complexity index is 494. The van der Waals surface area contributed by atoms with Crippen molar-refractivity contribution in [3.63, 3.8) is 0 Å². The summed E-state index contributed by atoms with van der Waals surface area (Å²) in [5.74, 6) is 2.34. The molecule has 3 nitrogen and oxygen atoms in total. The molecule has 2 aliphatic rings. The molecule has 20 heavy (non-hydrogen) atoms. The molecule has 3 rings (SSSR count). The first kappa shape index (κ1) is 13.5. The fourth-order valence-corrected chi connectivity index (χ4v) is 2.94. The van der Waals surface area contributed by atoms with Gasteiger partial charge < -0.3 is 14.8 Å². The van der Waals surface area contributed by atoms with Crippen LogP contribution in [0.1, 0.15) is 5.56 Å². The number of hydrogen-bond donors (Lipinski definition) is 1. The first-order valence-corrected chi connectivity index (χ1v) is 6.59. The zero-order valence-corrected chi connectivity index (χ0v) is 11.0. The Morgan fingerprint density at radius 1 is 1.20 bits per heavy atom. The Balaban J connectivity index is 1.67. The molecular weight excluding hydrogens is 271 g/mol. The third-order valence-corrected chi connectivity index (χ3v) is 4.19. The van der Waals surface area contributed by atoms with Crippen LogP contribution in [0.5, 0.6) is 11.5 Å². The second-order valence-corrected chi connectivity index (χ2v) is 5.32. The third-order valence-electron chi connectivity index (χ3n) is 4.19. The molecule has 2 fully saturated rings. The predicted octanol–water partition coefficient (Wildman–Crippen LogP) is 2.56. The van der Waals surface area contributed by atoms with Crippen LogP contribution in [0.2, 0.25) is 0 Å². The van der Waals surface area contributed by atoms with Gasteiger partial charge in [-0.15, -0.1) is 0 Å². The quantitative estimate of drug-likeness (QED) is 0.923. The van der Waals surface area contributed by atoms with Crippen molar-refractivity contribution < 1.29 is 22.6 Å². The molecule has 6 heteroatoms. The molecule has 1 saturated heterocycles. The number of piperidine rings is 1. The van der Waals surface area contributed by atoms with Crippen LogP contribution in [0, 0.1) is 17.8 Å². The van der Waals surface area contributed by atoms with Crippen molar-refractivity contribution in [1.82, 2.24) is 5.32 Å². The van der Waals surface area contributed by atoms with Gasteiger partial charge in [-0.3, -0.25) is 0 Å². The lowest BCUT2D eigenvalue weighted by Gasteiger charge is -2.14. The largest absolute Gasteiger partial charge is 0.493 e. The SMILES string of the molecule is COc1cc(C(F)(F)F)ccc1OC[C@H]1[C@@H]2CNC[C@@H]21. The average Bonchev–Trinajstić information content (AvgIpc) is 2.83. The van der Waals surface area contributed by atoms with Gasteiger partial charge in [0.1, 0.15) is 0 Å². The van der Waals surface area contributed by atoms with Crippen LogP contribution in [0.3, 0.4) is 0 Å². The van der Waals surface area contributed by atoms with Crippen LogP contribution >= 0.6 is 0 Å². The van der Waals surface area contributed by atoms with Crippen LogP contribution in [-0.4, -0.2) is 26.8 Å². The summed E-state index contributed by atoms with van der Waals surface area (Å²) < 4.78 is 48.5. The molecule has 0 amide bonds. The smallest absolute Gasteiger partial charge is 0.416 e.